The van der Waals surface area contributed by atoms with Crippen LogP contribution >= 0.6 is 0 Å². The lowest BCUT2D eigenvalue weighted by Gasteiger charge is -2.42. The maximum absolute atomic E-state index is 13.3. The van der Waals surface area contributed by atoms with E-state index in [2.05, 4.69) is 10.6 Å². The van der Waals surface area contributed by atoms with Gasteiger partial charge in [-0.1, -0.05) is 0 Å². The standard InChI is InChI=1S/C16H27F5N2O/c1-11(23-12-3-5-15(17,18)6-4-12)9-13-10-14(22-2,7-8-24-13)16(19,20)21/h11-13,22-23H,3-10H2,1-2H3. The van der Waals surface area contributed by atoms with Crippen molar-refractivity contribution in [2.45, 2.75) is 87.7 Å². The fourth-order valence-corrected chi connectivity index (χ4v) is 3.80. The van der Waals surface area contributed by atoms with Crippen molar-refractivity contribution in [1.82, 2.24) is 10.6 Å². The molecule has 2 fully saturated rings. The van der Waals surface area contributed by atoms with Crippen LogP contribution in [-0.4, -0.2) is 49.5 Å². The van der Waals surface area contributed by atoms with Gasteiger partial charge in [-0.05, 0) is 39.7 Å². The first kappa shape index (κ1) is 19.8. The maximum Gasteiger partial charge on any atom is 0.406 e. The molecular weight excluding hydrogens is 331 g/mol. The quantitative estimate of drug-likeness (QED) is 0.737. The molecule has 3 nitrogen and oxygen atoms in total. The molecule has 0 aromatic heterocycles. The third-order valence-electron chi connectivity index (χ3n) is 5.33. The van der Waals surface area contributed by atoms with Crippen LogP contribution in [0.5, 0.6) is 0 Å². The molecule has 0 radical (unpaired) electrons. The molecule has 0 aromatic carbocycles. The molecule has 1 aliphatic heterocycles. The zero-order valence-electron chi connectivity index (χ0n) is 14.2. The van der Waals surface area contributed by atoms with Crippen LogP contribution in [0, 0.1) is 0 Å². The molecule has 0 spiro atoms. The van der Waals surface area contributed by atoms with E-state index in [-0.39, 0.29) is 44.4 Å². The van der Waals surface area contributed by atoms with Gasteiger partial charge in [0.05, 0.1) is 6.10 Å². The molecule has 2 rings (SSSR count). The molecule has 8 heteroatoms. The third kappa shape index (κ3) is 4.79. The van der Waals surface area contributed by atoms with E-state index >= 15 is 0 Å². The van der Waals surface area contributed by atoms with Crippen LogP contribution in [0.3, 0.4) is 0 Å². The highest BCUT2D eigenvalue weighted by Crippen LogP contribution is 2.40. The monoisotopic (exact) mass is 358 g/mol. The van der Waals surface area contributed by atoms with Gasteiger partial charge in [0.2, 0.25) is 5.92 Å². The number of ether oxygens (including phenoxy) is 1. The lowest BCUT2D eigenvalue weighted by Crippen LogP contribution is -2.60. The number of rotatable bonds is 5. The Morgan fingerprint density at radius 3 is 2.33 bits per heavy atom. The van der Waals surface area contributed by atoms with E-state index in [0.717, 1.165) is 0 Å². The predicted octanol–water partition coefficient (Wildman–Crippen LogP) is 3.63. The van der Waals surface area contributed by atoms with Gasteiger partial charge in [-0.2, -0.15) is 13.2 Å². The van der Waals surface area contributed by atoms with Crippen molar-refractivity contribution in [2.24, 2.45) is 0 Å². The second kappa shape index (κ2) is 7.41. The van der Waals surface area contributed by atoms with Crippen molar-refractivity contribution in [2.75, 3.05) is 13.7 Å². The van der Waals surface area contributed by atoms with E-state index in [1.165, 1.54) is 7.05 Å². The Bertz CT molecular complexity index is 408. The minimum atomic E-state index is -4.32. The fourth-order valence-electron chi connectivity index (χ4n) is 3.80. The van der Waals surface area contributed by atoms with E-state index < -0.39 is 23.7 Å². The van der Waals surface area contributed by atoms with Gasteiger partial charge in [0, 0.05) is 38.0 Å². The van der Waals surface area contributed by atoms with Gasteiger partial charge in [0.15, 0.2) is 0 Å². The van der Waals surface area contributed by atoms with Gasteiger partial charge in [-0.25, -0.2) is 8.78 Å². The summed E-state index contributed by atoms with van der Waals surface area (Å²) >= 11 is 0. The summed E-state index contributed by atoms with van der Waals surface area (Å²) < 4.78 is 71.9. The first-order valence-corrected chi connectivity index (χ1v) is 8.58. The third-order valence-corrected chi connectivity index (χ3v) is 5.33. The van der Waals surface area contributed by atoms with Crippen molar-refractivity contribution in [1.29, 1.82) is 0 Å². The number of hydrogen-bond acceptors (Lipinski definition) is 3. The Morgan fingerprint density at radius 2 is 1.79 bits per heavy atom. The molecule has 0 amide bonds. The summed E-state index contributed by atoms with van der Waals surface area (Å²) in [4.78, 5) is 0. The van der Waals surface area contributed by atoms with Crippen molar-refractivity contribution in [3.8, 4) is 0 Å². The summed E-state index contributed by atoms with van der Waals surface area (Å²) in [6, 6.07) is -0.0764. The van der Waals surface area contributed by atoms with Gasteiger partial charge >= 0.3 is 6.18 Å². The smallest absolute Gasteiger partial charge is 0.378 e. The molecule has 1 heterocycles. The van der Waals surface area contributed by atoms with Crippen molar-refractivity contribution < 1.29 is 26.7 Å². The molecule has 2 N–H and O–H groups in total. The highest BCUT2D eigenvalue weighted by atomic mass is 19.4. The van der Waals surface area contributed by atoms with Gasteiger partial charge in [-0.15, -0.1) is 0 Å². The molecule has 1 aliphatic carbocycles. The Morgan fingerprint density at radius 1 is 1.17 bits per heavy atom. The summed E-state index contributed by atoms with van der Waals surface area (Å²) in [5.74, 6) is -2.58. The van der Waals surface area contributed by atoms with Crippen molar-refractivity contribution in [3.05, 3.63) is 0 Å². The summed E-state index contributed by atoms with van der Waals surface area (Å²) in [5, 5.41) is 5.72. The van der Waals surface area contributed by atoms with Crippen LogP contribution in [0.25, 0.3) is 0 Å². The Kier molecular flexibility index (Phi) is 6.13. The summed E-state index contributed by atoms with van der Waals surface area (Å²) in [5.41, 5.74) is -1.90. The minimum absolute atomic E-state index is 0.000103. The zero-order valence-corrected chi connectivity index (χ0v) is 14.2. The first-order chi connectivity index (χ1) is 11.1. The molecule has 0 aromatic rings. The molecule has 1 saturated heterocycles. The molecule has 0 bridgehead atoms. The van der Waals surface area contributed by atoms with Crippen LogP contribution in [0.1, 0.15) is 51.9 Å². The SMILES string of the molecule is CNC1(C(F)(F)F)CCOC(CC(C)NC2CCC(F)(F)CC2)C1. The summed E-state index contributed by atoms with van der Waals surface area (Å²) in [6.45, 7) is 1.94. The zero-order chi connectivity index (χ0) is 18.0. The lowest BCUT2D eigenvalue weighted by atomic mass is 9.84. The van der Waals surface area contributed by atoms with Gasteiger partial charge in [0.25, 0.3) is 0 Å². The molecule has 3 atom stereocenters. The highest BCUT2D eigenvalue weighted by Gasteiger charge is 2.56. The van der Waals surface area contributed by atoms with Gasteiger partial charge in [-0.3, -0.25) is 0 Å². The van der Waals surface area contributed by atoms with Gasteiger partial charge < -0.3 is 15.4 Å². The van der Waals surface area contributed by atoms with Crippen LogP contribution in [0.2, 0.25) is 0 Å². The van der Waals surface area contributed by atoms with Crippen LogP contribution < -0.4 is 10.6 Å². The number of hydrogen-bond donors (Lipinski definition) is 2. The summed E-state index contributed by atoms with van der Waals surface area (Å²) in [6.07, 6.45) is -4.08. The van der Waals surface area contributed by atoms with E-state index in [9.17, 15) is 22.0 Å². The van der Waals surface area contributed by atoms with Crippen LogP contribution in [-0.2, 0) is 4.74 Å². The fraction of sp³-hybridized carbons (Fsp3) is 1.00. The number of alkyl halides is 5. The predicted molar refractivity (Wildman–Crippen MR) is 81.2 cm³/mol. The Labute approximate surface area is 139 Å². The van der Waals surface area contributed by atoms with E-state index in [1.807, 2.05) is 6.92 Å². The normalized spacial score (nSPS) is 33.4. The van der Waals surface area contributed by atoms with Gasteiger partial charge in [0.1, 0.15) is 5.54 Å². The van der Waals surface area contributed by atoms with Crippen LogP contribution in [0.4, 0.5) is 22.0 Å². The second-order valence-corrected chi connectivity index (χ2v) is 7.21. The highest BCUT2D eigenvalue weighted by molar-refractivity contribution is 4.99. The molecule has 3 unspecified atom stereocenters. The first-order valence-electron chi connectivity index (χ1n) is 8.58. The van der Waals surface area contributed by atoms with Crippen molar-refractivity contribution in [3.63, 3.8) is 0 Å². The maximum atomic E-state index is 13.3. The topological polar surface area (TPSA) is 33.3 Å². The minimum Gasteiger partial charge on any atom is -0.378 e. The number of halogens is 5. The average molecular weight is 358 g/mol. The largest absolute Gasteiger partial charge is 0.406 e. The number of nitrogens with one attached hydrogen (secondary N) is 2. The second-order valence-electron chi connectivity index (χ2n) is 7.21. The van der Waals surface area contributed by atoms with E-state index in [4.69, 9.17) is 4.74 Å². The average Bonchev–Trinajstić information content (AvgIpc) is 2.48. The Balaban J connectivity index is 1.84. The molecular formula is C16H27F5N2O. The summed E-state index contributed by atoms with van der Waals surface area (Å²) in [7, 11) is 1.33. The van der Waals surface area contributed by atoms with Crippen LogP contribution in [0.15, 0.2) is 0 Å². The lowest BCUT2D eigenvalue weighted by molar-refractivity contribution is -0.224. The molecule has 24 heavy (non-hydrogen) atoms. The molecule has 1 saturated carbocycles. The molecule has 142 valence electrons. The molecule has 2 aliphatic rings. The van der Waals surface area contributed by atoms with E-state index in [1.54, 1.807) is 0 Å². The van der Waals surface area contributed by atoms with E-state index in [0.29, 0.717) is 19.3 Å². The Hall–Kier alpha value is -0.470. The van der Waals surface area contributed by atoms with Crippen molar-refractivity contribution >= 4 is 0 Å².